The third-order valence-electron chi connectivity index (χ3n) is 3.15. The van der Waals surface area contributed by atoms with E-state index in [4.69, 9.17) is 9.84 Å². The van der Waals surface area contributed by atoms with Crippen molar-refractivity contribution >= 4 is 5.97 Å². The van der Waals surface area contributed by atoms with Gasteiger partial charge in [-0.2, -0.15) is 0 Å². The maximum Gasteiger partial charge on any atom is 0.332 e. The van der Waals surface area contributed by atoms with E-state index in [1.807, 2.05) is 24.3 Å². The summed E-state index contributed by atoms with van der Waals surface area (Å²) < 4.78 is 5.09. The van der Waals surface area contributed by atoms with Crippen molar-refractivity contribution in [3.8, 4) is 5.75 Å². The summed E-state index contributed by atoms with van der Waals surface area (Å²) in [7, 11) is 1.62. The quantitative estimate of drug-likeness (QED) is 0.782. The van der Waals surface area contributed by atoms with Crippen molar-refractivity contribution in [1.29, 1.82) is 0 Å². The summed E-state index contributed by atoms with van der Waals surface area (Å²) >= 11 is 0. The third kappa shape index (κ3) is 4.04. The summed E-state index contributed by atoms with van der Waals surface area (Å²) in [6.45, 7) is 2.06. The molecule has 0 saturated carbocycles. The summed E-state index contributed by atoms with van der Waals surface area (Å²) in [5, 5.41) is 17.9. The number of aliphatic hydroxyl groups is 1. The van der Waals surface area contributed by atoms with E-state index in [2.05, 4.69) is 6.92 Å². The highest BCUT2D eigenvalue weighted by Crippen LogP contribution is 2.27. The number of rotatable bonds is 7. The molecule has 2 N–H and O–H groups in total. The average molecular weight is 252 g/mol. The van der Waals surface area contributed by atoms with Gasteiger partial charge in [0.2, 0.25) is 0 Å². The zero-order valence-corrected chi connectivity index (χ0v) is 10.8. The van der Waals surface area contributed by atoms with Gasteiger partial charge in [0.25, 0.3) is 0 Å². The normalized spacial score (nSPS) is 13.9. The largest absolute Gasteiger partial charge is 0.497 e. The first-order valence-electron chi connectivity index (χ1n) is 6.13. The van der Waals surface area contributed by atoms with E-state index < -0.39 is 12.1 Å². The van der Waals surface area contributed by atoms with E-state index in [0.717, 1.165) is 17.7 Å². The van der Waals surface area contributed by atoms with Crippen molar-refractivity contribution in [2.75, 3.05) is 7.11 Å². The van der Waals surface area contributed by atoms with Crippen LogP contribution < -0.4 is 4.74 Å². The first-order valence-corrected chi connectivity index (χ1v) is 6.13. The van der Waals surface area contributed by atoms with Gasteiger partial charge in [0, 0.05) is 0 Å². The lowest BCUT2D eigenvalue weighted by Gasteiger charge is -2.16. The number of aliphatic hydroxyl groups excluding tert-OH is 1. The molecule has 0 aliphatic heterocycles. The van der Waals surface area contributed by atoms with Crippen LogP contribution in [-0.2, 0) is 4.79 Å². The number of hydrogen-bond donors (Lipinski definition) is 2. The molecule has 4 heteroatoms. The molecule has 0 fully saturated rings. The lowest BCUT2D eigenvalue weighted by Crippen LogP contribution is -2.20. The molecule has 0 unspecified atom stereocenters. The predicted octanol–water partition coefficient (Wildman–Crippen LogP) is 2.41. The van der Waals surface area contributed by atoms with Crippen LogP contribution in [0.1, 0.15) is 37.7 Å². The highest BCUT2D eigenvalue weighted by Gasteiger charge is 2.16. The van der Waals surface area contributed by atoms with E-state index >= 15 is 0 Å². The van der Waals surface area contributed by atoms with Gasteiger partial charge in [-0.1, -0.05) is 19.1 Å². The van der Waals surface area contributed by atoms with Gasteiger partial charge >= 0.3 is 5.97 Å². The van der Waals surface area contributed by atoms with Crippen LogP contribution in [0.15, 0.2) is 24.3 Å². The molecule has 0 aliphatic rings. The van der Waals surface area contributed by atoms with Crippen molar-refractivity contribution in [2.45, 2.75) is 38.2 Å². The molecule has 0 heterocycles. The Labute approximate surface area is 107 Å². The van der Waals surface area contributed by atoms with Gasteiger partial charge in [0.1, 0.15) is 5.75 Å². The second-order valence-electron chi connectivity index (χ2n) is 4.31. The number of carbonyl (C=O) groups is 1. The number of carboxylic acids is 1. The average Bonchev–Trinajstić information content (AvgIpc) is 2.39. The Hall–Kier alpha value is -1.55. The Morgan fingerprint density at radius 1 is 1.28 bits per heavy atom. The first kappa shape index (κ1) is 14.5. The summed E-state index contributed by atoms with van der Waals surface area (Å²) in [4.78, 5) is 10.6. The zero-order chi connectivity index (χ0) is 13.5. The van der Waals surface area contributed by atoms with E-state index in [9.17, 15) is 9.90 Å². The molecule has 0 radical (unpaired) electrons. The van der Waals surface area contributed by atoms with Gasteiger partial charge in [0.15, 0.2) is 6.10 Å². The molecule has 0 spiro atoms. The van der Waals surface area contributed by atoms with Crippen LogP contribution in [0, 0.1) is 0 Å². The van der Waals surface area contributed by atoms with Gasteiger partial charge in [-0.15, -0.1) is 0 Å². The third-order valence-corrected chi connectivity index (χ3v) is 3.15. The number of carboxylic acid groups (broad SMARTS) is 1. The second kappa shape index (κ2) is 7.01. The summed E-state index contributed by atoms with van der Waals surface area (Å²) in [6.07, 6.45) is 0.590. The number of aliphatic carboxylic acids is 1. The number of benzene rings is 1. The Balaban J connectivity index is 2.62. The van der Waals surface area contributed by atoms with Crippen molar-refractivity contribution in [3.05, 3.63) is 29.8 Å². The molecule has 1 aromatic carbocycles. The maximum absolute atomic E-state index is 10.6. The highest BCUT2D eigenvalue weighted by atomic mass is 16.5. The number of ether oxygens (including phenoxy) is 1. The van der Waals surface area contributed by atoms with Gasteiger partial charge in [-0.3, -0.25) is 0 Å². The zero-order valence-electron chi connectivity index (χ0n) is 10.8. The molecule has 100 valence electrons. The molecule has 0 amide bonds. The minimum absolute atomic E-state index is 0.268. The van der Waals surface area contributed by atoms with Crippen LogP contribution in [0.25, 0.3) is 0 Å². The molecule has 0 aromatic heterocycles. The van der Waals surface area contributed by atoms with Crippen LogP contribution >= 0.6 is 0 Å². The highest BCUT2D eigenvalue weighted by molar-refractivity contribution is 5.71. The summed E-state index contributed by atoms with van der Waals surface area (Å²) in [5.41, 5.74) is 1.15. The van der Waals surface area contributed by atoms with E-state index in [1.54, 1.807) is 7.11 Å². The minimum atomic E-state index is -1.27. The molecule has 18 heavy (non-hydrogen) atoms. The minimum Gasteiger partial charge on any atom is -0.497 e. The molecule has 0 bridgehead atoms. The van der Waals surface area contributed by atoms with Gasteiger partial charge in [-0.05, 0) is 42.9 Å². The van der Waals surface area contributed by atoms with Crippen molar-refractivity contribution in [1.82, 2.24) is 0 Å². The van der Waals surface area contributed by atoms with E-state index in [1.165, 1.54) is 0 Å². The Bertz CT molecular complexity index is 372. The van der Waals surface area contributed by atoms with Crippen LogP contribution in [0.2, 0.25) is 0 Å². The Morgan fingerprint density at radius 3 is 2.33 bits per heavy atom. The van der Waals surface area contributed by atoms with Gasteiger partial charge in [0.05, 0.1) is 7.11 Å². The standard InChI is InChI=1S/C14H20O4/c1-3-10(6-9-13(15)14(16)17)11-4-7-12(18-2)8-5-11/h4-5,7-8,10,13,15H,3,6,9H2,1-2H3,(H,16,17)/t10-,13-/m0/s1. The topological polar surface area (TPSA) is 66.8 Å². The fourth-order valence-corrected chi connectivity index (χ4v) is 1.97. The molecule has 0 saturated heterocycles. The lowest BCUT2D eigenvalue weighted by molar-refractivity contribution is -0.147. The molecule has 0 aliphatic carbocycles. The lowest BCUT2D eigenvalue weighted by atomic mass is 9.91. The van der Waals surface area contributed by atoms with Crippen molar-refractivity contribution in [3.63, 3.8) is 0 Å². The second-order valence-corrected chi connectivity index (χ2v) is 4.31. The van der Waals surface area contributed by atoms with Gasteiger partial charge in [-0.25, -0.2) is 4.79 Å². The van der Waals surface area contributed by atoms with Crippen LogP contribution in [-0.4, -0.2) is 29.4 Å². The van der Waals surface area contributed by atoms with Crippen LogP contribution in [0.3, 0.4) is 0 Å². The molecule has 1 aromatic rings. The van der Waals surface area contributed by atoms with Gasteiger partial charge < -0.3 is 14.9 Å². The van der Waals surface area contributed by atoms with E-state index in [-0.39, 0.29) is 12.3 Å². The molecule has 2 atom stereocenters. The Morgan fingerprint density at radius 2 is 1.89 bits per heavy atom. The van der Waals surface area contributed by atoms with Crippen LogP contribution in [0.5, 0.6) is 5.75 Å². The first-order chi connectivity index (χ1) is 8.58. The Kier molecular flexibility index (Phi) is 5.65. The van der Waals surface area contributed by atoms with E-state index in [0.29, 0.717) is 6.42 Å². The van der Waals surface area contributed by atoms with Crippen LogP contribution in [0.4, 0.5) is 0 Å². The fourth-order valence-electron chi connectivity index (χ4n) is 1.97. The molecule has 4 nitrogen and oxygen atoms in total. The molecule has 1 rings (SSSR count). The van der Waals surface area contributed by atoms with Crippen molar-refractivity contribution < 1.29 is 19.7 Å². The molecular formula is C14H20O4. The number of hydrogen-bond acceptors (Lipinski definition) is 3. The number of methoxy groups -OCH3 is 1. The summed E-state index contributed by atoms with van der Waals surface area (Å²) in [6, 6.07) is 7.76. The SMILES string of the molecule is CC[C@@H](CC[C@H](O)C(=O)O)c1ccc(OC)cc1. The smallest absolute Gasteiger partial charge is 0.332 e. The predicted molar refractivity (Wildman–Crippen MR) is 68.9 cm³/mol. The van der Waals surface area contributed by atoms with Crippen molar-refractivity contribution in [2.24, 2.45) is 0 Å². The summed E-state index contributed by atoms with van der Waals surface area (Å²) in [5.74, 6) is -0.0799. The monoisotopic (exact) mass is 252 g/mol. The fraction of sp³-hybridized carbons (Fsp3) is 0.500. The maximum atomic E-state index is 10.6. The molecular weight excluding hydrogens is 232 g/mol.